The number of nitrogens with zero attached hydrogens (tertiary/aromatic N) is 5. The van der Waals surface area contributed by atoms with Crippen LogP contribution in [0.3, 0.4) is 0 Å². The number of pyridine rings is 1. The Balaban J connectivity index is 1.46. The van der Waals surface area contributed by atoms with Crippen molar-refractivity contribution in [3.05, 3.63) is 23.5 Å². The summed E-state index contributed by atoms with van der Waals surface area (Å²) in [4.78, 5) is 30.1. The normalized spacial score (nSPS) is 20.1. The van der Waals surface area contributed by atoms with E-state index < -0.39 is 5.97 Å². The van der Waals surface area contributed by atoms with Gasteiger partial charge >= 0.3 is 12.1 Å². The van der Waals surface area contributed by atoms with Crippen molar-refractivity contribution in [2.24, 2.45) is 18.9 Å². The minimum atomic E-state index is -0.757. The van der Waals surface area contributed by atoms with Gasteiger partial charge in [-0.25, -0.2) is 14.5 Å². The first kappa shape index (κ1) is 24.0. The summed E-state index contributed by atoms with van der Waals surface area (Å²) in [5.41, 5.74) is 2.62. The third kappa shape index (κ3) is 5.66. The zero-order valence-corrected chi connectivity index (χ0v) is 20.1. The highest BCUT2D eigenvalue weighted by atomic mass is 16.6. The highest BCUT2D eigenvalue weighted by Crippen LogP contribution is 2.31. The van der Waals surface area contributed by atoms with Gasteiger partial charge in [-0.2, -0.15) is 0 Å². The van der Waals surface area contributed by atoms with Gasteiger partial charge in [-0.3, -0.25) is 4.79 Å². The molecule has 0 unspecified atom stereocenters. The minimum absolute atomic E-state index is 0.0483. The predicted molar refractivity (Wildman–Crippen MR) is 123 cm³/mol. The lowest BCUT2D eigenvalue weighted by Crippen LogP contribution is -2.29. The topological polar surface area (TPSA) is 120 Å². The largest absolute Gasteiger partial charge is 0.488 e. The predicted octanol–water partition coefficient (Wildman–Crippen LogP) is 3.44. The van der Waals surface area contributed by atoms with Gasteiger partial charge in [0.15, 0.2) is 0 Å². The smallest absolute Gasteiger partial charge is 0.409 e. The molecule has 0 spiro atoms. The van der Waals surface area contributed by atoms with E-state index in [2.05, 4.69) is 10.3 Å². The lowest BCUT2D eigenvalue weighted by atomic mass is 9.87. The first-order valence-electron chi connectivity index (χ1n) is 12.0. The summed E-state index contributed by atoms with van der Waals surface area (Å²) in [6.07, 6.45) is 5.37. The fourth-order valence-electron chi connectivity index (χ4n) is 4.38. The summed E-state index contributed by atoms with van der Waals surface area (Å²) in [5, 5.41) is 17.7. The van der Waals surface area contributed by atoms with Crippen LogP contribution >= 0.6 is 0 Å². The first-order chi connectivity index (χ1) is 16.4. The van der Waals surface area contributed by atoms with Crippen molar-refractivity contribution < 1.29 is 24.2 Å². The molecule has 0 radical (unpaired) electrons. The molecule has 0 aliphatic heterocycles. The maximum atomic E-state index is 12.3. The van der Waals surface area contributed by atoms with Crippen LogP contribution in [0.2, 0.25) is 0 Å². The summed E-state index contributed by atoms with van der Waals surface area (Å²) in [6, 6.07) is 3.68. The van der Waals surface area contributed by atoms with Crippen molar-refractivity contribution in [3.8, 4) is 17.1 Å². The molecule has 34 heavy (non-hydrogen) atoms. The van der Waals surface area contributed by atoms with E-state index in [4.69, 9.17) is 14.5 Å². The van der Waals surface area contributed by atoms with Crippen LogP contribution in [0.5, 0.6) is 5.75 Å². The Bertz CT molecular complexity index is 1030. The van der Waals surface area contributed by atoms with Gasteiger partial charge in [0.2, 0.25) is 0 Å². The third-order valence-corrected chi connectivity index (χ3v) is 6.59. The van der Waals surface area contributed by atoms with Crippen LogP contribution in [0.4, 0.5) is 4.79 Å². The average Bonchev–Trinajstić information content (AvgIpc) is 3.57. The number of aromatic nitrogens is 4. The number of carboxylic acid groups (broad SMARTS) is 1. The van der Waals surface area contributed by atoms with Crippen molar-refractivity contribution in [1.29, 1.82) is 0 Å². The molecule has 10 heteroatoms. The molecule has 10 nitrogen and oxygen atoms in total. The molecule has 2 saturated carbocycles. The Morgan fingerprint density at radius 1 is 1.24 bits per heavy atom. The first-order valence-corrected chi connectivity index (χ1v) is 12.0. The summed E-state index contributed by atoms with van der Waals surface area (Å²) in [6.45, 7) is 2.76. The highest BCUT2D eigenvalue weighted by molar-refractivity contribution is 5.70. The van der Waals surface area contributed by atoms with Crippen LogP contribution in [0.15, 0.2) is 12.1 Å². The Morgan fingerprint density at radius 2 is 2.03 bits per heavy atom. The highest BCUT2D eigenvalue weighted by Gasteiger charge is 2.29. The molecule has 2 fully saturated rings. The number of hydrogen-bond donors (Lipinski definition) is 1. The number of aryl methyl sites for hydroxylation is 2. The van der Waals surface area contributed by atoms with Gasteiger partial charge in [0, 0.05) is 20.6 Å². The van der Waals surface area contributed by atoms with Crippen molar-refractivity contribution in [1.82, 2.24) is 24.9 Å². The van der Waals surface area contributed by atoms with E-state index in [0.717, 1.165) is 18.5 Å². The quantitative estimate of drug-likeness (QED) is 0.591. The van der Waals surface area contributed by atoms with Crippen LogP contribution in [0.1, 0.15) is 56.8 Å². The number of carbonyl (C=O) groups excluding carboxylic acids is 1. The molecule has 2 atom stereocenters. The molecule has 1 N–H and O–H groups in total. The molecular weight excluding hydrogens is 438 g/mol. The second-order valence-electron chi connectivity index (χ2n) is 9.32. The number of hydrogen-bond acceptors (Lipinski definition) is 7. The molecule has 2 heterocycles. The number of ether oxygens (including phenoxy) is 2. The van der Waals surface area contributed by atoms with Crippen LogP contribution in [0, 0.1) is 11.8 Å². The van der Waals surface area contributed by atoms with E-state index in [9.17, 15) is 14.7 Å². The molecule has 1 amide bonds. The van der Waals surface area contributed by atoms with E-state index in [1.807, 2.05) is 19.1 Å². The van der Waals surface area contributed by atoms with Gasteiger partial charge in [0.05, 0.1) is 23.4 Å². The van der Waals surface area contributed by atoms with E-state index in [1.165, 1.54) is 12.8 Å². The van der Waals surface area contributed by atoms with Crippen LogP contribution < -0.4 is 4.74 Å². The molecule has 0 aromatic carbocycles. The summed E-state index contributed by atoms with van der Waals surface area (Å²) < 4.78 is 13.3. The molecule has 2 aliphatic rings. The monoisotopic (exact) mass is 471 g/mol. The molecule has 4 rings (SSSR count). The lowest BCUT2D eigenvalue weighted by molar-refractivity contribution is -0.143. The van der Waals surface area contributed by atoms with Gasteiger partial charge in [-0.1, -0.05) is 12.1 Å². The molecular formula is C24H33N5O5. The Hall–Kier alpha value is -3.17. The number of carboxylic acids is 1. The molecule has 2 aliphatic carbocycles. The fraction of sp³-hybridized carbons (Fsp3) is 0.625. The molecule has 184 valence electrons. The summed E-state index contributed by atoms with van der Waals surface area (Å²) in [5.74, 6) is 0.143. The van der Waals surface area contributed by atoms with Crippen LogP contribution in [-0.4, -0.2) is 61.7 Å². The second kappa shape index (κ2) is 10.4. The lowest BCUT2D eigenvalue weighted by Gasteiger charge is -2.28. The van der Waals surface area contributed by atoms with Crippen molar-refractivity contribution >= 4 is 12.1 Å². The fourth-order valence-corrected chi connectivity index (χ4v) is 4.38. The van der Waals surface area contributed by atoms with Gasteiger partial charge < -0.3 is 19.5 Å². The standard InChI is InChI=1S/C24H33N5O5/c1-4-18-21(34-17-7-5-6-16(12-17)23(30)31)11-10-19(25-18)22-20(29(3)27-26-22)14-33-24(32)28(2)13-15-8-9-15/h10-11,15-17H,4-9,12-14H2,1-3H3,(H,30,31)/t16-,17-/m0/s1. The molecule has 2 aromatic heterocycles. The number of aliphatic carboxylic acids is 1. The van der Waals surface area contributed by atoms with Gasteiger partial charge in [0.25, 0.3) is 0 Å². The molecule has 0 bridgehead atoms. The second-order valence-corrected chi connectivity index (χ2v) is 9.32. The van der Waals surface area contributed by atoms with Gasteiger partial charge in [-0.05, 0) is 63.0 Å². The summed E-state index contributed by atoms with van der Waals surface area (Å²) >= 11 is 0. The molecule has 2 aromatic rings. The van der Waals surface area contributed by atoms with E-state index in [1.54, 1.807) is 23.7 Å². The average molecular weight is 472 g/mol. The third-order valence-electron chi connectivity index (χ3n) is 6.59. The zero-order chi connectivity index (χ0) is 24.2. The van der Waals surface area contributed by atoms with Crippen LogP contribution in [0.25, 0.3) is 11.4 Å². The van der Waals surface area contributed by atoms with Crippen molar-refractivity contribution in [2.75, 3.05) is 13.6 Å². The zero-order valence-electron chi connectivity index (χ0n) is 20.1. The van der Waals surface area contributed by atoms with E-state index >= 15 is 0 Å². The minimum Gasteiger partial charge on any atom is -0.488 e. The van der Waals surface area contributed by atoms with E-state index in [0.29, 0.717) is 54.6 Å². The Morgan fingerprint density at radius 3 is 2.74 bits per heavy atom. The number of amides is 1. The summed E-state index contributed by atoms with van der Waals surface area (Å²) in [7, 11) is 3.51. The number of rotatable bonds is 9. The maximum absolute atomic E-state index is 12.3. The Kier molecular flexibility index (Phi) is 7.33. The Labute approximate surface area is 199 Å². The SMILES string of the molecule is CCc1nc(-c2nnn(C)c2COC(=O)N(C)CC2CC2)ccc1O[C@H]1CCC[C@H](C(=O)O)C1. The van der Waals surface area contributed by atoms with E-state index in [-0.39, 0.29) is 24.7 Å². The van der Waals surface area contributed by atoms with Gasteiger partial charge in [-0.15, -0.1) is 5.10 Å². The van der Waals surface area contributed by atoms with Gasteiger partial charge in [0.1, 0.15) is 23.7 Å². The van der Waals surface area contributed by atoms with Crippen molar-refractivity contribution in [3.63, 3.8) is 0 Å². The molecule has 0 saturated heterocycles. The van der Waals surface area contributed by atoms with Crippen LogP contribution in [-0.2, 0) is 29.6 Å². The maximum Gasteiger partial charge on any atom is 0.409 e. The van der Waals surface area contributed by atoms with Crippen molar-refractivity contribution in [2.45, 2.75) is 64.6 Å². The number of carbonyl (C=O) groups is 2.